The monoisotopic (exact) mass is 239 g/mol. The van der Waals surface area contributed by atoms with Crippen molar-refractivity contribution in [2.75, 3.05) is 0 Å². The standard InChI is InChI=1S/C11H15BFNO3/c1-11(2,3)14-10(15)7-5-4-6-8(9(7)13)12(16)17/h4-6,16-17H,1-3H3,(H,14,15). The van der Waals surface area contributed by atoms with Gasteiger partial charge in [0.2, 0.25) is 0 Å². The van der Waals surface area contributed by atoms with E-state index in [0.717, 1.165) is 0 Å². The molecule has 17 heavy (non-hydrogen) atoms. The molecule has 0 fully saturated rings. The number of halogens is 1. The summed E-state index contributed by atoms with van der Waals surface area (Å²) in [7, 11) is -1.93. The molecule has 3 N–H and O–H groups in total. The van der Waals surface area contributed by atoms with Crippen LogP contribution in [0.5, 0.6) is 0 Å². The zero-order valence-electron chi connectivity index (χ0n) is 9.99. The number of hydrogen-bond acceptors (Lipinski definition) is 3. The van der Waals surface area contributed by atoms with Gasteiger partial charge in [0.1, 0.15) is 5.82 Å². The summed E-state index contributed by atoms with van der Waals surface area (Å²) >= 11 is 0. The first kappa shape index (κ1) is 13.7. The van der Waals surface area contributed by atoms with Crippen LogP contribution in [0.4, 0.5) is 4.39 Å². The first-order chi connectivity index (χ1) is 7.72. The Labute approximate surface area is 99.6 Å². The van der Waals surface area contributed by atoms with Crippen LogP contribution >= 0.6 is 0 Å². The zero-order valence-corrected chi connectivity index (χ0v) is 9.99. The summed E-state index contributed by atoms with van der Waals surface area (Å²) < 4.78 is 13.8. The third kappa shape index (κ3) is 3.54. The van der Waals surface area contributed by atoms with E-state index in [1.54, 1.807) is 20.8 Å². The highest BCUT2D eigenvalue weighted by Gasteiger charge is 2.23. The Hall–Kier alpha value is -1.40. The van der Waals surface area contributed by atoms with Gasteiger partial charge in [-0.25, -0.2) is 4.39 Å². The summed E-state index contributed by atoms with van der Waals surface area (Å²) in [6.07, 6.45) is 0. The van der Waals surface area contributed by atoms with E-state index in [1.165, 1.54) is 18.2 Å². The van der Waals surface area contributed by atoms with E-state index in [1.807, 2.05) is 0 Å². The van der Waals surface area contributed by atoms with Crippen molar-refractivity contribution in [3.05, 3.63) is 29.6 Å². The van der Waals surface area contributed by atoms with Gasteiger partial charge in [0.15, 0.2) is 0 Å². The lowest BCUT2D eigenvalue weighted by atomic mass is 9.79. The van der Waals surface area contributed by atoms with Crippen molar-refractivity contribution in [2.45, 2.75) is 26.3 Å². The number of rotatable bonds is 2. The van der Waals surface area contributed by atoms with Crippen LogP contribution in [0.3, 0.4) is 0 Å². The van der Waals surface area contributed by atoms with Crippen LogP contribution in [0.1, 0.15) is 31.1 Å². The second-order valence-corrected chi connectivity index (χ2v) is 4.79. The van der Waals surface area contributed by atoms with E-state index in [2.05, 4.69) is 5.32 Å². The Balaban J connectivity index is 3.07. The summed E-state index contributed by atoms with van der Waals surface area (Å²) in [6.45, 7) is 5.31. The average Bonchev–Trinajstić information content (AvgIpc) is 2.14. The highest BCUT2D eigenvalue weighted by molar-refractivity contribution is 6.58. The summed E-state index contributed by atoms with van der Waals surface area (Å²) in [5.74, 6) is -1.50. The lowest BCUT2D eigenvalue weighted by Crippen LogP contribution is -2.42. The third-order valence-corrected chi connectivity index (χ3v) is 2.04. The maximum Gasteiger partial charge on any atom is 0.491 e. The van der Waals surface area contributed by atoms with Crippen LogP contribution in [0.25, 0.3) is 0 Å². The second-order valence-electron chi connectivity index (χ2n) is 4.79. The van der Waals surface area contributed by atoms with E-state index in [4.69, 9.17) is 10.0 Å². The summed E-state index contributed by atoms with van der Waals surface area (Å²) in [5.41, 5.74) is -1.01. The van der Waals surface area contributed by atoms with Crippen LogP contribution in [-0.4, -0.2) is 28.6 Å². The maximum absolute atomic E-state index is 13.8. The lowest BCUT2D eigenvalue weighted by molar-refractivity contribution is 0.0915. The van der Waals surface area contributed by atoms with Gasteiger partial charge in [-0.1, -0.05) is 12.1 Å². The minimum Gasteiger partial charge on any atom is -0.423 e. The molecule has 0 aliphatic heterocycles. The molecule has 1 aromatic carbocycles. The number of carbonyl (C=O) groups excluding carboxylic acids is 1. The van der Waals surface area contributed by atoms with E-state index in [0.29, 0.717) is 0 Å². The first-order valence-electron chi connectivity index (χ1n) is 5.19. The van der Waals surface area contributed by atoms with E-state index in [-0.39, 0.29) is 11.0 Å². The van der Waals surface area contributed by atoms with Gasteiger partial charge in [0, 0.05) is 11.0 Å². The predicted octanol–water partition coefficient (Wildman–Crippen LogP) is 0.0338. The van der Waals surface area contributed by atoms with Gasteiger partial charge in [-0.2, -0.15) is 0 Å². The molecular formula is C11H15BFNO3. The van der Waals surface area contributed by atoms with E-state index >= 15 is 0 Å². The number of carbonyl (C=O) groups is 1. The van der Waals surface area contributed by atoms with Gasteiger partial charge >= 0.3 is 7.12 Å². The van der Waals surface area contributed by atoms with Crippen molar-refractivity contribution < 1.29 is 19.2 Å². The molecule has 0 unspecified atom stereocenters. The Morgan fingerprint density at radius 1 is 1.35 bits per heavy atom. The molecule has 0 radical (unpaired) electrons. The molecule has 92 valence electrons. The van der Waals surface area contributed by atoms with Crippen LogP contribution < -0.4 is 10.8 Å². The van der Waals surface area contributed by atoms with Gasteiger partial charge in [0.25, 0.3) is 5.91 Å². The Morgan fingerprint density at radius 3 is 2.41 bits per heavy atom. The fourth-order valence-corrected chi connectivity index (χ4v) is 1.33. The van der Waals surface area contributed by atoms with Crippen molar-refractivity contribution in [1.82, 2.24) is 5.32 Å². The molecule has 0 aliphatic carbocycles. The minimum atomic E-state index is -1.93. The Morgan fingerprint density at radius 2 is 1.94 bits per heavy atom. The predicted molar refractivity (Wildman–Crippen MR) is 63.4 cm³/mol. The van der Waals surface area contributed by atoms with Gasteiger partial charge in [-0.05, 0) is 26.8 Å². The highest BCUT2D eigenvalue weighted by atomic mass is 19.1. The van der Waals surface area contributed by atoms with Crippen molar-refractivity contribution >= 4 is 18.5 Å². The molecular weight excluding hydrogens is 224 g/mol. The lowest BCUT2D eigenvalue weighted by Gasteiger charge is -2.21. The fraction of sp³-hybridized carbons (Fsp3) is 0.364. The molecule has 0 saturated carbocycles. The van der Waals surface area contributed by atoms with Crippen LogP contribution in [0.15, 0.2) is 18.2 Å². The molecule has 4 nitrogen and oxygen atoms in total. The molecule has 1 rings (SSSR count). The molecule has 0 bridgehead atoms. The van der Waals surface area contributed by atoms with Gasteiger partial charge in [0.05, 0.1) is 5.56 Å². The summed E-state index contributed by atoms with van der Waals surface area (Å²) in [5, 5.41) is 20.5. The molecule has 1 aromatic rings. The SMILES string of the molecule is CC(C)(C)NC(=O)c1cccc(B(O)O)c1F. The normalized spacial score (nSPS) is 11.2. The molecule has 0 aliphatic rings. The minimum absolute atomic E-state index is 0.203. The van der Waals surface area contributed by atoms with Crippen LogP contribution in [0, 0.1) is 5.82 Å². The van der Waals surface area contributed by atoms with E-state index in [9.17, 15) is 9.18 Å². The highest BCUT2D eigenvalue weighted by Crippen LogP contribution is 2.08. The number of hydrogen-bond donors (Lipinski definition) is 3. The van der Waals surface area contributed by atoms with Crippen molar-refractivity contribution in [3.63, 3.8) is 0 Å². The summed E-state index contributed by atoms with van der Waals surface area (Å²) in [4.78, 5) is 11.7. The molecule has 0 saturated heterocycles. The fourth-order valence-electron chi connectivity index (χ4n) is 1.33. The van der Waals surface area contributed by atoms with E-state index < -0.39 is 24.4 Å². The molecule has 6 heteroatoms. The number of nitrogens with one attached hydrogen (secondary N) is 1. The van der Waals surface area contributed by atoms with Gasteiger partial charge in [-0.15, -0.1) is 0 Å². The van der Waals surface area contributed by atoms with Crippen molar-refractivity contribution in [1.29, 1.82) is 0 Å². The van der Waals surface area contributed by atoms with Crippen molar-refractivity contribution in [3.8, 4) is 0 Å². The molecule has 0 aromatic heterocycles. The van der Waals surface area contributed by atoms with Crippen molar-refractivity contribution in [2.24, 2.45) is 0 Å². The second kappa shape index (κ2) is 4.85. The van der Waals surface area contributed by atoms with Crippen LogP contribution in [-0.2, 0) is 0 Å². The number of benzene rings is 1. The third-order valence-electron chi connectivity index (χ3n) is 2.04. The zero-order chi connectivity index (χ0) is 13.2. The van der Waals surface area contributed by atoms with Gasteiger partial charge < -0.3 is 15.4 Å². The topological polar surface area (TPSA) is 69.6 Å². The maximum atomic E-state index is 13.8. The molecule has 0 heterocycles. The van der Waals surface area contributed by atoms with Gasteiger partial charge in [-0.3, -0.25) is 4.79 Å². The Kier molecular flexibility index (Phi) is 3.90. The molecule has 0 spiro atoms. The largest absolute Gasteiger partial charge is 0.491 e. The van der Waals surface area contributed by atoms with Crippen LogP contribution in [0.2, 0.25) is 0 Å². The molecule has 0 atom stereocenters. The quantitative estimate of drug-likeness (QED) is 0.638. The average molecular weight is 239 g/mol. The first-order valence-corrected chi connectivity index (χ1v) is 5.19. The number of amides is 1. The smallest absolute Gasteiger partial charge is 0.423 e. The summed E-state index contributed by atoms with van der Waals surface area (Å²) in [6, 6.07) is 3.91. The Bertz CT molecular complexity index is 429. The molecule has 1 amide bonds.